The van der Waals surface area contributed by atoms with E-state index in [2.05, 4.69) is 49.0 Å². The van der Waals surface area contributed by atoms with Crippen LogP contribution in [-0.2, 0) is 0 Å². The molecule has 1 amide bonds. The Hall–Kier alpha value is -1.67. The highest BCUT2D eigenvalue weighted by Crippen LogP contribution is 2.23. The van der Waals surface area contributed by atoms with E-state index in [4.69, 9.17) is 4.42 Å². The summed E-state index contributed by atoms with van der Waals surface area (Å²) >= 11 is 5.62. The number of hydrazone groups is 1. The van der Waals surface area contributed by atoms with Crippen molar-refractivity contribution in [3.63, 3.8) is 0 Å². The fraction of sp³-hybridized carbons (Fsp3) is 0. The highest BCUT2D eigenvalue weighted by Gasteiger charge is 2.11. The maximum absolute atomic E-state index is 12.0. The summed E-state index contributed by atoms with van der Waals surface area (Å²) in [6.45, 7) is 0. The lowest BCUT2D eigenvalue weighted by Gasteiger charge is -1.96. The molecule has 0 aliphatic heterocycles. The van der Waals surface area contributed by atoms with Crippen molar-refractivity contribution in [1.29, 1.82) is 0 Å². The van der Waals surface area contributed by atoms with Crippen LogP contribution >= 0.6 is 38.5 Å². The number of nitrogens with one attached hydrogen (secondary N) is 1. The van der Waals surface area contributed by atoms with Gasteiger partial charge in [-0.1, -0.05) is 28.1 Å². The Labute approximate surface area is 148 Å². The number of amides is 1. The summed E-state index contributed by atoms with van der Waals surface area (Å²) in [4.78, 5) is 12.0. The van der Waals surface area contributed by atoms with Crippen LogP contribution in [0, 0.1) is 3.57 Å². The topological polar surface area (TPSA) is 54.6 Å². The van der Waals surface area contributed by atoms with Crippen molar-refractivity contribution in [2.45, 2.75) is 0 Å². The molecule has 0 spiro atoms. The van der Waals surface area contributed by atoms with Gasteiger partial charge >= 0.3 is 5.91 Å². The molecule has 110 valence electrons. The van der Waals surface area contributed by atoms with E-state index in [1.165, 1.54) is 0 Å². The van der Waals surface area contributed by atoms with E-state index in [1.807, 2.05) is 42.5 Å². The molecule has 0 aliphatic rings. The zero-order chi connectivity index (χ0) is 15.5. The van der Waals surface area contributed by atoms with Crippen molar-refractivity contribution in [3.05, 3.63) is 67.9 Å². The Bertz CT molecular complexity index is 856. The van der Waals surface area contributed by atoms with Gasteiger partial charge in [-0.2, -0.15) is 5.10 Å². The number of hydrogen-bond acceptors (Lipinski definition) is 3. The number of rotatable bonds is 3. The van der Waals surface area contributed by atoms with Gasteiger partial charge in [-0.3, -0.25) is 4.79 Å². The molecule has 0 aliphatic carbocycles. The molecule has 0 radical (unpaired) electrons. The molecule has 0 unspecified atom stereocenters. The van der Waals surface area contributed by atoms with Crippen molar-refractivity contribution < 1.29 is 9.21 Å². The molecule has 2 aromatic carbocycles. The van der Waals surface area contributed by atoms with Gasteiger partial charge in [0.05, 0.1) is 6.21 Å². The maximum Gasteiger partial charge on any atom is 0.307 e. The predicted molar refractivity (Wildman–Crippen MR) is 98.1 cm³/mol. The normalized spacial score (nSPS) is 11.2. The van der Waals surface area contributed by atoms with Crippen LogP contribution in [0.4, 0.5) is 0 Å². The maximum atomic E-state index is 12.0. The van der Waals surface area contributed by atoms with Crippen LogP contribution in [0.25, 0.3) is 11.0 Å². The molecular formula is C16H10BrIN2O2. The largest absolute Gasteiger partial charge is 0.451 e. The Morgan fingerprint density at radius 2 is 1.95 bits per heavy atom. The highest BCUT2D eigenvalue weighted by molar-refractivity contribution is 14.1. The van der Waals surface area contributed by atoms with Crippen molar-refractivity contribution in [3.8, 4) is 0 Å². The van der Waals surface area contributed by atoms with Crippen LogP contribution in [-0.4, -0.2) is 12.1 Å². The summed E-state index contributed by atoms with van der Waals surface area (Å²) in [5.74, 6) is -0.151. The summed E-state index contributed by atoms with van der Waals surface area (Å²) < 4.78 is 7.58. The summed E-state index contributed by atoms with van der Waals surface area (Å²) in [5.41, 5.74) is 4.03. The number of furan rings is 1. The summed E-state index contributed by atoms with van der Waals surface area (Å²) in [6.07, 6.45) is 1.59. The summed E-state index contributed by atoms with van der Waals surface area (Å²) in [7, 11) is 0. The van der Waals surface area contributed by atoms with Crippen LogP contribution in [0.5, 0.6) is 0 Å². The van der Waals surface area contributed by atoms with Gasteiger partial charge in [0.1, 0.15) is 5.58 Å². The molecule has 3 rings (SSSR count). The molecule has 0 bridgehead atoms. The zero-order valence-electron chi connectivity index (χ0n) is 11.2. The first-order chi connectivity index (χ1) is 10.6. The lowest BCUT2D eigenvalue weighted by molar-refractivity contribution is 0.0929. The molecule has 22 heavy (non-hydrogen) atoms. The Morgan fingerprint density at radius 1 is 1.18 bits per heavy atom. The highest BCUT2D eigenvalue weighted by atomic mass is 127. The molecule has 3 aromatic rings. The van der Waals surface area contributed by atoms with Gasteiger partial charge in [-0.15, -0.1) is 0 Å². The molecule has 0 fully saturated rings. The van der Waals surface area contributed by atoms with Gasteiger partial charge in [0.2, 0.25) is 0 Å². The number of nitrogens with zero attached hydrogens (tertiary/aromatic N) is 1. The quantitative estimate of drug-likeness (QED) is 0.348. The van der Waals surface area contributed by atoms with Crippen LogP contribution in [0.2, 0.25) is 0 Å². The Kier molecular flexibility index (Phi) is 4.58. The minimum atomic E-state index is -0.380. The third-order valence-corrected chi connectivity index (χ3v) is 4.16. The van der Waals surface area contributed by atoms with Crippen LogP contribution in [0.15, 0.2) is 62.5 Å². The smallest absolute Gasteiger partial charge is 0.307 e. The molecular weight excluding hydrogens is 459 g/mol. The first kappa shape index (κ1) is 15.2. The van der Waals surface area contributed by atoms with Gasteiger partial charge in [0, 0.05) is 13.4 Å². The lowest BCUT2D eigenvalue weighted by atomic mass is 10.2. The van der Waals surface area contributed by atoms with E-state index in [1.54, 1.807) is 12.3 Å². The molecule has 1 heterocycles. The second-order valence-corrected chi connectivity index (χ2v) is 6.70. The fourth-order valence-electron chi connectivity index (χ4n) is 1.90. The average molecular weight is 469 g/mol. The van der Waals surface area contributed by atoms with Gasteiger partial charge in [0.15, 0.2) is 5.76 Å². The molecule has 4 nitrogen and oxygen atoms in total. The number of hydrogen-bond donors (Lipinski definition) is 1. The van der Waals surface area contributed by atoms with E-state index < -0.39 is 0 Å². The minimum Gasteiger partial charge on any atom is -0.451 e. The summed E-state index contributed by atoms with van der Waals surface area (Å²) in [6, 6.07) is 15.1. The van der Waals surface area contributed by atoms with Crippen molar-refractivity contribution in [2.24, 2.45) is 5.10 Å². The van der Waals surface area contributed by atoms with Crippen LogP contribution in [0.3, 0.4) is 0 Å². The van der Waals surface area contributed by atoms with E-state index >= 15 is 0 Å². The second-order valence-electron chi connectivity index (χ2n) is 4.54. The van der Waals surface area contributed by atoms with E-state index in [-0.39, 0.29) is 11.7 Å². The molecule has 1 aromatic heterocycles. The zero-order valence-corrected chi connectivity index (χ0v) is 15.0. The molecule has 0 saturated heterocycles. The van der Waals surface area contributed by atoms with E-state index in [0.717, 1.165) is 19.0 Å². The third-order valence-electron chi connectivity index (χ3n) is 2.95. The summed E-state index contributed by atoms with van der Waals surface area (Å²) in [5, 5.41) is 4.80. The Morgan fingerprint density at radius 3 is 2.73 bits per heavy atom. The minimum absolute atomic E-state index is 0.230. The standard InChI is InChI=1S/C16H10BrIN2O2/c17-12-3-6-14-11(7-12)8-15(22-14)16(21)20-19-9-10-1-4-13(18)5-2-10/h1-9H,(H,20,21)/b19-9+. The Balaban J connectivity index is 1.71. The number of benzene rings is 2. The van der Waals surface area contributed by atoms with E-state index in [9.17, 15) is 4.79 Å². The lowest BCUT2D eigenvalue weighted by Crippen LogP contribution is -2.16. The second kappa shape index (κ2) is 6.62. The monoisotopic (exact) mass is 468 g/mol. The number of halogens is 2. The van der Waals surface area contributed by atoms with Crippen molar-refractivity contribution >= 4 is 61.6 Å². The molecule has 1 N–H and O–H groups in total. The average Bonchev–Trinajstić information content (AvgIpc) is 2.92. The number of carbonyl (C=O) groups is 1. The molecule has 0 atom stereocenters. The molecule has 6 heteroatoms. The SMILES string of the molecule is O=C(N/N=C/c1ccc(I)cc1)c1cc2cc(Br)ccc2o1. The molecule has 0 saturated carbocycles. The van der Waals surface area contributed by atoms with Gasteiger partial charge in [-0.25, -0.2) is 5.43 Å². The first-order valence-electron chi connectivity index (χ1n) is 6.40. The third kappa shape index (κ3) is 3.56. The van der Waals surface area contributed by atoms with Crippen molar-refractivity contribution in [1.82, 2.24) is 5.43 Å². The van der Waals surface area contributed by atoms with E-state index in [0.29, 0.717) is 5.58 Å². The van der Waals surface area contributed by atoms with Gasteiger partial charge in [-0.05, 0) is 64.6 Å². The fourth-order valence-corrected chi connectivity index (χ4v) is 2.63. The first-order valence-corrected chi connectivity index (χ1v) is 8.27. The van der Waals surface area contributed by atoms with Crippen molar-refractivity contribution in [2.75, 3.05) is 0 Å². The van der Waals surface area contributed by atoms with Crippen LogP contribution in [0.1, 0.15) is 16.1 Å². The predicted octanol–water partition coefficient (Wildman–Crippen LogP) is 4.56. The number of fused-ring (bicyclic) bond motifs is 1. The van der Waals surface area contributed by atoms with Gasteiger partial charge in [0.25, 0.3) is 0 Å². The number of carbonyl (C=O) groups excluding carboxylic acids is 1. The van der Waals surface area contributed by atoms with Crippen LogP contribution < -0.4 is 5.43 Å². The van der Waals surface area contributed by atoms with Gasteiger partial charge < -0.3 is 4.42 Å².